The molecule has 0 spiro atoms. The third kappa shape index (κ3) is 3.07. The monoisotopic (exact) mass is 282 g/mol. The lowest BCUT2D eigenvalue weighted by atomic mass is 9.75. The number of urea groups is 1. The largest absolute Gasteiger partial charge is 0.479 e. The predicted octanol–water partition coefficient (Wildman–Crippen LogP) is 2.51. The Bertz CT molecular complexity index is 449. The molecular weight excluding hydrogens is 264 g/mol. The fraction of sp³-hybridized carbons (Fsp3) is 0.538. The van der Waals surface area contributed by atoms with Gasteiger partial charge in [0.2, 0.25) is 0 Å². The van der Waals surface area contributed by atoms with Gasteiger partial charge in [-0.3, -0.25) is 0 Å². The number of nitrogens with one attached hydrogen (secondary N) is 2. The van der Waals surface area contributed by atoms with Gasteiger partial charge < -0.3 is 15.7 Å². The van der Waals surface area contributed by atoms with Gasteiger partial charge in [-0.25, -0.2) is 9.59 Å². The van der Waals surface area contributed by atoms with Crippen LogP contribution >= 0.6 is 11.3 Å². The maximum Gasteiger partial charge on any atom is 0.331 e. The van der Waals surface area contributed by atoms with E-state index >= 15 is 0 Å². The first-order chi connectivity index (χ1) is 9.06. The van der Waals surface area contributed by atoms with Gasteiger partial charge in [0.05, 0.1) is 0 Å². The van der Waals surface area contributed by atoms with Crippen molar-refractivity contribution in [2.24, 2.45) is 0 Å². The van der Waals surface area contributed by atoms with Gasteiger partial charge in [-0.1, -0.05) is 13.0 Å². The molecule has 1 unspecified atom stereocenters. The molecule has 1 aliphatic rings. The lowest BCUT2D eigenvalue weighted by Crippen LogP contribution is -2.56. The molecule has 3 N–H and O–H groups in total. The highest BCUT2D eigenvalue weighted by molar-refractivity contribution is 7.10. The smallest absolute Gasteiger partial charge is 0.331 e. The van der Waals surface area contributed by atoms with Gasteiger partial charge in [0.25, 0.3) is 0 Å². The van der Waals surface area contributed by atoms with Gasteiger partial charge >= 0.3 is 12.0 Å². The lowest BCUT2D eigenvalue weighted by Gasteiger charge is -2.42. The molecule has 104 valence electrons. The third-order valence-corrected chi connectivity index (χ3v) is 4.65. The van der Waals surface area contributed by atoms with Crippen LogP contribution in [0.1, 0.15) is 43.5 Å². The molecule has 0 saturated heterocycles. The van der Waals surface area contributed by atoms with Gasteiger partial charge in [-0.05, 0) is 37.1 Å². The second-order valence-corrected chi connectivity index (χ2v) is 5.85. The summed E-state index contributed by atoms with van der Waals surface area (Å²) >= 11 is 1.32. The SMILES string of the molecule is CCC1(NC(=O)NC(C(=O)O)c2cccs2)CCC1. The van der Waals surface area contributed by atoms with Crippen molar-refractivity contribution in [1.29, 1.82) is 0 Å². The van der Waals surface area contributed by atoms with Crippen LogP contribution in [0.25, 0.3) is 0 Å². The first-order valence-electron chi connectivity index (χ1n) is 6.41. The Morgan fingerprint density at radius 1 is 1.53 bits per heavy atom. The number of carbonyl (C=O) groups excluding carboxylic acids is 1. The highest BCUT2D eigenvalue weighted by Crippen LogP contribution is 2.34. The highest BCUT2D eigenvalue weighted by Gasteiger charge is 2.37. The number of thiophene rings is 1. The summed E-state index contributed by atoms with van der Waals surface area (Å²) in [6.07, 6.45) is 3.92. The zero-order valence-electron chi connectivity index (χ0n) is 10.8. The van der Waals surface area contributed by atoms with E-state index in [9.17, 15) is 14.7 Å². The standard InChI is InChI=1S/C13H18N2O3S/c1-2-13(6-4-7-13)15-12(18)14-10(11(16)17)9-5-3-8-19-9/h3,5,8,10H,2,4,6-7H2,1H3,(H,16,17)(H2,14,15,18). The molecule has 0 radical (unpaired) electrons. The van der Waals surface area contributed by atoms with Gasteiger partial charge in [-0.2, -0.15) is 0 Å². The first-order valence-corrected chi connectivity index (χ1v) is 7.29. The van der Waals surface area contributed by atoms with Crippen molar-refractivity contribution >= 4 is 23.3 Å². The quantitative estimate of drug-likeness (QED) is 0.776. The Hall–Kier alpha value is -1.56. The molecule has 0 aromatic carbocycles. The van der Waals surface area contributed by atoms with E-state index in [1.807, 2.05) is 6.92 Å². The number of aliphatic carboxylic acids is 1. The second-order valence-electron chi connectivity index (χ2n) is 4.87. The molecule has 1 fully saturated rings. The predicted molar refractivity (Wildman–Crippen MR) is 73.2 cm³/mol. The van der Waals surface area contributed by atoms with Crippen molar-refractivity contribution < 1.29 is 14.7 Å². The first kappa shape index (κ1) is 13.9. The van der Waals surface area contributed by atoms with Crippen molar-refractivity contribution in [3.05, 3.63) is 22.4 Å². The molecule has 0 bridgehead atoms. The molecule has 1 atom stereocenters. The van der Waals surface area contributed by atoms with Crippen molar-refractivity contribution in [3.8, 4) is 0 Å². The van der Waals surface area contributed by atoms with Gasteiger partial charge in [0, 0.05) is 10.4 Å². The maximum absolute atomic E-state index is 11.9. The van der Waals surface area contributed by atoms with Crippen LogP contribution < -0.4 is 10.6 Å². The molecule has 1 aromatic rings. The number of amides is 2. The number of carboxylic acids is 1. The molecule has 2 rings (SSSR count). The summed E-state index contributed by atoms with van der Waals surface area (Å²) in [5, 5.41) is 16.4. The zero-order valence-corrected chi connectivity index (χ0v) is 11.6. The summed E-state index contributed by atoms with van der Waals surface area (Å²) in [6.45, 7) is 2.04. The van der Waals surface area contributed by atoms with Crippen LogP contribution in [0.15, 0.2) is 17.5 Å². The Morgan fingerprint density at radius 2 is 2.26 bits per heavy atom. The van der Waals surface area contributed by atoms with Crippen molar-refractivity contribution in [2.75, 3.05) is 0 Å². The van der Waals surface area contributed by atoms with Crippen LogP contribution in [-0.2, 0) is 4.79 Å². The zero-order chi connectivity index (χ0) is 13.9. The fourth-order valence-corrected chi connectivity index (χ4v) is 3.06. The average molecular weight is 282 g/mol. The lowest BCUT2D eigenvalue weighted by molar-refractivity contribution is -0.139. The Morgan fingerprint density at radius 3 is 2.68 bits per heavy atom. The summed E-state index contributed by atoms with van der Waals surface area (Å²) in [7, 11) is 0. The van der Waals surface area contributed by atoms with Gasteiger partial charge in [0.15, 0.2) is 6.04 Å². The molecule has 19 heavy (non-hydrogen) atoms. The Labute approximate surface area is 116 Å². The van der Waals surface area contributed by atoms with E-state index in [4.69, 9.17) is 0 Å². The minimum atomic E-state index is -1.04. The normalized spacial score (nSPS) is 18.2. The minimum Gasteiger partial charge on any atom is -0.479 e. The summed E-state index contributed by atoms with van der Waals surface area (Å²) in [4.78, 5) is 23.8. The summed E-state index contributed by atoms with van der Waals surface area (Å²) in [5.74, 6) is -1.04. The fourth-order valence-electron chi connectivity index (χ4n) is 2.29. The van der Waals surface area contributed by atoms with E-state index in [0.29, 0.717) is 4.88 Å². The van der Waals surface area contributed by atoms with E-state index in [-0.39, 0.29) is 5.54 Å². The molecule has 5 nitrogen and oxygen atoms in total. The molecule has 1 heterocycles. The van der Waals surface area contributed by atoms with Crippen LogP contribution in [0.5, 0.6) is 0 Å². The average Bonchev–Trinajstić information content (AvgIpc) is 2.84. The third-order valence-electron chi connectivity index (χ3n) is 3.72. The van der Waals surface area contributed by atoms with E-state index in [2.05, 4.69) is 10.6 Å². The van der Waals surface area contributed by atoms with Crippen molar-refractivity contribution in [2.45, 2.75) is 44.2 Å². The van der Waals surface area contributed by atoms with Gasteiger partial charge in [0.1, 0.15) is 0 Å². The summed E-state index contributed by atoms with van der Waals surface area (Å²) in [5.41, 5.74) is -0.136. The van der Waals surface area contributed by atoms with Crippen LogP contribution in [0.3, 0.4) is 0 Å². The highest BCUT2D eigenvalue weighted by atomic mass is 32.1. The number of carbonyl (C=O) groups is 2. The Balaban J connectivity index is 1.98. The number of hydrogen-bond acceptors (Lipinski definition) is 3. The van der Waals surface area contributed by atoms with Crippen LogP contribution in [0.4, 0.5) is 4.79 Å². The van der Waals surface area contributed by atoms with Crippen LogP contribution in [0.2, 0.25) is 0 Å². The van der Waals surface area contributed by atoms with Gasteiger partial charge in [-0.15, -0.1) is 11.3 Å². The second kappa shape index (κ2) is 5.61. The minimum absolute atomic E-state index is 0.136. The molecule has 0 aliphatic heterocycles. The molecule has 1 aromatic heterocycles. The molecule has 1 saturated carbocycles. The van der Waals surface area contributed by atoms with E-state index in [1.165, 1.54) is 11.3 Å². The van der Waals surface area contributed by atoms with E-state index in [0.717, 1.165) is 25.7 Å². The molecule has 6 heteroatoms. The molecule has 1 aliphatic carbocycles. The topological polar surface area (TPSA) is 78.4 Å². The van der Waals surface area contributed by atoms with Crippen molar-refractivity contribution in [3.63, 3.8) is 0 Å². The van der Waals surface area contributed by atoms with Crippen LogP contribution in [-0.4, -0.2) is 22.6 Å². The van der Waals surface area contributed by atoms with Crippen LogP contribution in [0, 0.1) is 0 Å². The van der Waals surface area contributed by atoms with Crippen molar-refractivity contribution in [1.82, 2.24) is 10.6 Å². The number of rotatable bonds is 5. The number of carboxylic acid groups (broad SMARTS) is 1. The maximum atomic E-state index is 11.9. The summed E-state index contributed by atoms with van der Waals surface area (Å²) in [6, 6.07) is 2.11. The summed E-state index contributed by atoms with van der Waals surface area (Å²) < 4.78 is 0. The Kier molecular flexibility index (Phi) is 4.09. The molecule has 2 amide bonds. The number of hydrogen-bond donors (Lipinski definition) is 3. The van der Waals surface area contributed by atoms with E-state index < -0.39 is 18.0 Å². The molecular formula is C13H18N2O3S. The van der Waals surface area contributed by atoms with E-state index in [1.54, 1.807) is 17.5 Å².